The molecule has 1 rings (SSSR count). The first-order chi connectivity index (χ1) is 7.72. The van der Waals surface area contributed by atoms with Gasteiger partial charge in [-0.2, -0.15) is 0 Å². The normalized spacial score (nSPS) is 19.4. The SMILES string of the molecule is CCOCC(C)NC(=O)CN1CCNCC1. The number of nitrogens with one attached hydrogen (secondary N) is 2. The van der Waals surface area contributed by atoms with Gasteiger partial charge in [0.25, 0.3) is 0 Å². The first-order valence-corrected chi connectivity index (χ1v) is 6.02. The van der Waals surface area contributed by atoms with Crippen LogP contribution in [0.3, 0.4) is 0 Å². The number of hydrogen-bond acceptors (Lipinski definition) is 4. The van der Waals surface area contributed by atoms with E-state index in [4.69, 9.17) is 4.74 Å². The Morgan fingerprint density at radius 2 is 2.19 bits per heavy atom. The fraction of sp³-hybridized carbons (Fsp3) is 0.909. The Hall–Kier alpha value is -0.650. The topological polar surface area (TPSA) is 53.6 Å². The molecule has 5 nitrogen and oxygen atoms in total. The van der Waals surface area contributed by atoms with Gasteiger partial charge >= 0.3 is 0 Å². The van der Waals surface area contributed by atoms with E-state index in [9.17, 15) is 4.79 Å². The third kappa shape index (κ3) is 5.44. The maximum Gasteiger partial charge on any atom is 0.234 e. The standard InChI is InChI=1S/C11H23N3O2/c1-3-16-9-10(2)13-11(15)8-14-6-4-12-5-7-14/h10,12H,3-9H2,1-2H3,(H,13,15). The molecule has 1 fully saturated rings. The van der Waals surface area contributed by atoms with E-state index in [0.717, 1.165) is 26.2 Å². The molecular weight excluding hydrogens is 206 g/mol. The van der Waals surface area contributed by atoms with Gasteiger partial charge in [0.2, 0.25) is 5.91 Å². The molecule has 1 amide bonds. The number of carbonyl (C=O) groups excluding carboxylic acids is 1. The lowest BCUT2D eigenvalue weighted by atomic mass is 10.3. The molecule has 0 radical (unpaired) electrons. The molecule has 0 aromatic heterocycles. The molecule has 16 heavy (non-hydrogen) atoms. The van der Waals surface area contributed by atoms with E-state index in [1.54, 1.807) is 0 Å². The minimum atomic E-state index is 0.0918. The van der Waals surface area contributed by atoms with Gasteiger partial charge in [0.15, 0.2) is 0 Å². The quantitative estimate of drug-likeness (QED) is 0.640. The number of amides is 1. The number of hydrogen-bond donors (Lipinski definition) is 2. The van der Waals surface area contributed by atoms with Crippen molar-refractivity contribution in [3.63, 3.8) is 0 Å². The number of rotatable bonds is 6. The van der Waals surface area contributed by atoms with Crippen molar-refractivity contribution in [1.82, 2.24) is 15.5 Å². The van der Waals surface area contributed by atoms with Crippen molar-refractivity contribution in [3.05, 3.63) is 0 Å². The maximum absolute atomic E-state index is 11.7. The van der Waals surface area contributed by atoms with Gasteiger partial charge in [0.05, 0.1) is 13.2 Å². The summed E-state index contributed by atoms with van der Waals surface area (Å²) in [6.45, 7) is 9.55. The summed E-state index contributed by atoms with van der Waals surface area (Å²) >= 11 is 0. The van der Waals surface area contributed by atoms with E-state index in [-0.39, 0.29) is 11.9 Å². The fourth-order valence-electron chi connectivity index (χ4n) is 1.73. The van der Waals surface area contributed by atoms with E-state index in [2.05, 4.69) is 15.5 Å². The molecule has 0 bridgehead atoms. The lowest BCUT2D eigenvalue weighted by molar-refractivity contribution is -0.123. The van der Waals surface area contributed by atoms with Gasteiger partial charge in [-0.15, -0.1) is 0 Å². The summed E-state index contributed by atoms with van der Waals surface area (Å²) in [6.07, 6.45) is 0. The van der Waals surface area contributed by atoms with Crippen molar-refractivity contribution in [2.24, 2.45) is 0 Å². The zero-order valence-corrected chi connectivity index (χ0v) is 10.3. The zero-order valence-electron chi connectivity index (χ0n) is 10.3. The first-order valence-electron chi connectivity index (χ1n) is 6.02. The summed E-state index contributed by atoms with van der Waals surface area (Å²) in [5.41, 5.74) is 0. The Balaban J connectivity index is 2.13. The molecule has 0 spiro atoms. The predicted molar refractivity (Wildman–Crippen MR) is 63.4 cm³/mol. The maximum atomic E-state index is 11.7. The second-order valence-electron chi connectivity index (χ2n) is 4.15. The second-order valence-corrected chi connectivity index (χ2v) is 4.15. The van der Waals surface area contributed by atoms with Crippen LogP contribution in [-0.4, -0.2) is 62.8 Å². The number of piperazine rings is 1. The van der Waals surface area contributed by atoms with Crippen LogP contribution in [0.4, 0.5) is 0 Å². The zero-order chi connectivity index (χ0) is 11.8. The molecule has 1 atom stereocenters. The Labute approximate surface area is 97.5 Å². The summed E-state index contributed by atoms with van der Waals surface area (Å²) < 4.78 is 5.25. The molecule has 0 saturated carbocycles. The van der Waals surface area contributed by atoms with E-state index in [0.29, 0.717) is 19.8 Å². The summed E-state index contributed by atoms with van der Waals surface area (Å²) in [4.78, 5) is 13.8. The van der Waals surface area contributed by atoms with Gasteiger partial charge in [-0.3, -0.25) is 9.69 Å². The van der Waals surface area contributed by atoms with Crippen LogP contribution in [0.25, 0.3) is 0 Å². The minimum Gasteiger partial charge on any atom is -0.380 e. The third-order valence-electron chi connectivity index (χ3n) is 2.56. The van der Waals surface area contributed by atoms with E-state index >= 15 is 0 Å². The molecule has 0 aromatic rings. The molecule has 1 aliphatic heterocycles. The average molecular weight is 229 g/mol. The van der Waals surface area contributed by atoms with E-state index in [1.165, 1.54) is 0 Å². The first kappa shape index (κ1) is 13.4. The molecule has 5 heteroatoms. The predicted octanol–water partition coefficient (Wildman–Crippen LogP) is -0.567. The highest BCUT2D eigenvalue weighted by atomic mass is 16.5. The highest BCUT2D eigenvalue weighted by Gasteiger charge is 2.14. The molecule has 1 heterocycles. The smallest absolute Gasteiger partial charge is 0.234 e. The lowest BCUT2D eigenvalue weighted by Crippen LogP contribution is -2.49. The molecule has 1 saturated heterocycles. The van der Waals surface area contributed by atoms with Gasteiger partial charge in [0, 0.05) is 38.8 Å². The van der Waals surface area contributed by atoms with E-state index < -0.39 is 0 Å². The van der Waals surface area contributed by atoms with Crippen molar-refractivity contribution in [2.75, 3.05) is 45.9 Å². The molecule has 1 aliphatic rings. The van der Waals surface area contributed by atoms with Gasteiger partial charge < -0.3 is 15.4 Å². The lowest BCUT2D eigenvalue weighted by Gasteiger charge is -2.27. The molecule has 1 unspecified atom stereocenters. The minimum absolute atomic E-state index is 0.0918. The van der Waals surface area contributed by atoms with Gasteiger partial charge in [0.1, 0.15) is 0 Å². The van der Waals surface area contributed by atoms with Crippen molar-refractivity contribution < 1.29 is 9.53 Å². The summed E-state index contributed by atoms with van der Waals surface area (Å²) in [5.74, 6) is 0.0918. The van der Waals surface area contributed by atoms with Gasteiger partial charge in [-0.1, -0.05) is 0 Å². The second kappa shape index (κ2) is 7.60. The van der Waals surface area contributed by atoms with Crippen LogP contribution in [0.2, 0.25) is 0 Å². The third-order valence-corrected chi connectivity index (χ3v) is 2.56. The van der Waals surface area contributed by atoms with Crippen molar-refractivity contribution in [2.45, 2.75) is 19.9 Å². The summed E-state index contributed by atoms with van der Waals surface area (Å²) in [5, 5.41) is 6.20. The molecule has 0 aliphatic carbocycles. The Morgan fingerprint density at radius 3 is 2.81 bits per heavy atom. The highest BCUT2D eigenvalue weighted by molar-refractivity contribution is 5.78. The summed E-state index contributed by atoms with van der Waals surface area (Å²) in [7, 11) is 0. The van der Waals surface area contributed by atoms with Crippen LogP contribution in [0, 0.1) is 0 Å². The van der Waals surface area contributed by atoms with Crippen LogP contribution >= 0.6 is 0 Å². The Kier molecular flexibility index (Phi) is 6.37. The molecular formula is C11H23N3O2. The Morgan fingerprint density at radius 1 is 1.50 bits per heavy atom. The van der Waals surface area contributed by atoms with Crippen LogP contribution in [0.15, 0.2) is 0 Å². The molecule has 2 N–H and O–H groups in total. The fourth-order valence-corrected chi connectivity index (χ4v) is 1.73. The highest BCUT2D eigenvalue weighted by Crippen LogP contribution is 1.92. The number of nitrogens with zero attached hydrogens (tertiary/aromatic N) is 1. The van der Waals surface area contributed by atoms with Crippen LogP contribution in [0.5, 0.6) is 0 Å². The largest absolute Gasteiger partial charge is 0.380 e. The number of carbonyl (C=O) groups is 1. The molecule has 94 valence electrons. The monoisotopic (exact) mass is 229 g/mol. The molecule has 0 aromatic carbocycles. The summed E-state index contributed by atoms with van der Waals surface area (Å²) in [6, 6.07) is 0.0929. The van der Waals surface area contributed by atoms with Crippen LogP contribution in [-0.2, 0) is 9.53 Å². The van der Waals surface area contributed by atoms with Gasteiger partial charge in [-0.25, -0.2) is 0 Å². The Bertz CT molecular complexity index is 205. The van der Waals surface area contributed by atoms with Crippen molar-refractivity contribution in [1.29, 1.82) is 0 Å². The van der Waals surface area contributed by atoms with Crippen molar-refractivity contribution in [3.8, 4) is 0 Å². The number of ether oxygens (including phenoxy) is 1. The van der Waals surface area contributed by atoms with E-state index in [1.807, 2.05) is 13.8 Å². The van der Waals surface area contributed by atoms with Crippen LogP contribution in [0.1, 0.15) is 13.8 Å². The van der Waals surface area contributed by atoms with Crippen molar-refractivity contribution >= 4 is 5.91 Å². The van der Waals surface area contributed by atoms with Gasteiger partial charge in [-0.05, 0) is 13.8 Å². The van der Waals surface area contributed by atoms with Crippen LogP contribution < -0.4 is 10.6 Å². The average Bonchev–Trinajstić information content (AvgIpc) is 2.27.